The van der Waals surface area contributed by atoms with E-state index in [4.69, 9.17) is 9.47 Å². The summed E-state index contributed by atoms with van der Waals surface area (Å²) >= 11 is 0. The molecular formula is C17H20O6. The van der Waals surface area contributed by atoms with Crippen LogP contribution in [0.5, 0.6) is 0 Å². The number of hydrogen-bond donors (Lipinski definition) is 1. The van der Waals surface area contributed by atoms with Crippen molar-refractivity contribution in [2.75, 3.05) is 6.61 Å². The molecule has 0 bridgehead atoms. The van der Waals surface area contributed by atoms with E-state index >= 15 is 0 Å². The molecule has 6 nitrogen and oxygen atoms in total. The lowest BCUT2D eigenvalue weighted by atomic mass is 9.80. The molecule has 1 heterocycles. The van der Waals surface area contributed by atoms with Crippen molar-refractivity contribution in [2.24, 2.45) is 0 Å². The largest absolute Gasteiger partial charge is 0.469 e. The SMILES string of the molecule is CCOC(=O)CCCCC1=CC2=CC(=O)C(C)(O)C(=O)C2=CO1. The number of rotatable bonds is 6. The van der Waals surface area contributed by atoms with E-state index < -0.39 is 17.2 Å². The lowest BCUT2D eigenvalue weighted by Gasteiger charge is -2.27. The molecule has 0 saturated carbocycles. The molecule has 1 aliphatic heterocycles. The van der Waals surface area contributed by atoms with E-state index in [1.54, 1.807) is 13.0 Å². The molecule has 23 heavy (non-hydrogen) atoms. The van der Waals surface area contributed by atoms with Gasteiger partial charge in [0.2, 0.25) is 5.78 Å². The van der Waals surface area contributed by atoms with Gasteiger partial charge in [-0.05, 0) is 44.4 Å². The molecule has 0 amide bonds. The fraction of sp³-hybridized carbons (Fsp3) is 0.471. The highest BCUT2D eigenvalue weighted by molar-refractivity contribution is 6.25. The van der Waals surface area contributed by atoms with Gasteiger partial charge in [0.15, 0.2) is 11.4 Å². The van der Waals surface area contributed by atoms with E-state index in [-0.39, 0.29) is 11.5 Å². The lowest BCUT2D eigenvalue weighted by molar-refractivity contribution is -0.144. The van der Waals surface area contributed by atoms with E-state index in [9.17, 15) is 19.5 Å². The second-order valence-electron chi connectivity index (χ2n) is 5.64. The number of carbonyl (C=O) groups is 3. The molecule has 0 radical (unpaired) electrons. The van der Waals surface area contributed by atoms with Gasteiger partial charge in [-0.1, -0.05) is 0 Å². The molecule has 0 aromatic rings. The fourth-order valence-electron chi connectivity index (χ4n) is 2.38. The molecule has 1 N–H and O–H groups in total. The fourth-order valence-corrected chi connectivity index (χ4v) is 2.38. The van der Waals surface area contributed by atoms with Crippen LogP contribution in [0.2, 0.25) is 0 Å². The molecule has 0 aromatic carbocycles. The van der Waals surface area contributed by atoms with E-state index in [2.05, 4.69) is 0 Å². The van der Waals surface area contributed by atoms with Gasteiger partial charge in [0.05, 0.1) is 12.2 Å². The van der Waals surface area contributed by atoms with Gasteiger partial charge in [0.1, 0.15) is 12.0 Å². The third-order valence-corrected chi connectivity index (χ3v) is 3.77. The highest BCUT2D eigenvalue weighted by Crippen LogP contribution is 2.32. The van der Waals surface area contributed by atoms with Crippen LogP contribution in [0.1, 0.15) is 39.5 Å². The first-order chi connectivity index (χ1) is 10.9. The van der Waals surface area contributed by atoms with Gasteiger partial charge in [0, 0.05) is 12.8 Å². The average molecular weight is 320 g/mol. The number of carbonyl (C=O) groups excluding carboxylic acids is 3. The highest BCUT2D eigenvalue weighted by Gasteiger charge is 2.44. The van der Waals surface area contributed by atoms with E-state index in [1.807, 2.05) is 0 Å². The van der Waals surface area contributed by atoms with Crippen LogP contribution >= 0.6 is 0 Å². The Hall–Kier alpha value is -2.21. The van der Waals surface area contributed by atoms with Gasteiger partial charge in [-0.25, -0.2) is 0 Å². The average Bonchev–Trinajstić information content (AvgIpc) is 2.50. The quantitative estimate of drug-likeness (QED) is 0.455. The maximum Gasteiger partial charge on any atom is 0.305 e. The first-order valence-corrected chi connectivity index (χ1v) is 7.63. The monoisotopic (exact) mass is 320 g/mol. The third kappa shape index (κ3) is 3.76. The van der Waals surface area contributed by atoms with Crippen molar-refractivity contribution in [3.63, 3.8) is 0 Å². The van der Waals surface area contributed by atoms with Gasteiger partial charge in [0.25, 0.3) is 0 Å². The van der Waals surface area contributed by atoms with Crippen LogP contribution in [0.15, 0.2) is 35.3 Å². The van der Waals surface area contributed by atoms with Crippen molar-refractivity contribution < 1.29 is 29.0 Å². The molecule has 1 atom stereocenters. The molecular weight excluding hydrogens is 300 g/mol. The number of allylic oxidation sites excluding steroid dienone is 3. The summed E-state index contributed by atoms with van der Waals surface area (Å²) in [4.78, 5) is 35.1. The molecule has 1 unspecified atom stereocenters. The van der Waals surface area contributed by atoms with Gasteiger partial charge in [-0.15, -0.1) is 0 Å². The van der Waals surface area contributed by atoms with E-state index in [1.165, 1.54) is 19.3 Å². The molecule has 2 rings (SSSR count). The Morgan fingerprint density at radius 1 is 1.30 bits per heavy atom. The van der Waals surface area contributed by atoms with Crippen molar-refractivity contribution in [3.05, 3.63) is 35.3 Å². The summed E-state index contributed by atoms with van der Waals surface area (Å²) in [7, 11) is 0. The molecule has 0 saturated heterocycles. The lowest BCUT2D eigenvalue weighted by Crippen LogP contribution is -2.46. The molecule has 124 valence electrons. The van der Waals surface area contributed by atoms with Crippen LogP contribution in [-0.4, -0.2) is 34.9 Å². The summed E-state index contributed by atoms with van der Waals surface area (Å²) in [6.07, 6.45) is 6.49. The van der Waals surface area contributed by atoms with Crippen LogP contribution in [-0.2, 0) is 23.9 Å². The Labute approximate surface area is 134 Å². The number of aliphatic hydroxyl groups is 1. The second kappa shape index (κ2) is 6.91. The molecule has 0 aromatic heterocycles. The smallest absolute Gasteiger partial charge is 0.305 e. The van der Waals surface area contributed by atoms with Crippen molar-refractivity contribution in [3.8, 4) is 0 Å². The van der Waals surface area contributed by atoms with E-state index in [0.717, 1.165) is 6.42 Å². The normalized spacial score (nSPS) is 23.3. The predicted molar refractivity (Wildman–Crippen MR) is 81.1 cm³/mol. The first kappa shape index (κ1) is 17.1. The van der Waals surface area contributed by atoms with Gasteiger partial charge in [-0.2, -0.15) is 0 Å². The number of fused-ring (bicyclic) bond motifs is 1. The van der Waals surface area contributed by atoms with Crippen molar-refractivity contribution >= 4 is 17.5 Å². The molecule has 0 fully saturated rings. The Balaban J connectivity index is 1.94. The van der Waals surface area contributed by atoms with Crippen LogP contribution in [0, 0.1) is 0 Å². The number of hydrogen-bond acceptors (Lipinski definition) is 6. The molecule has 2 aliphatic rings. The van der Waals surface area contributed by atoms with Crippen LogP contribution in [0.25, 0.3) is 0 Å². The summed E-state index contributed by atoms with van der Waals surface area (Å²) in [6, 6.07) is 0. The second-order valence-corrected chi connectivity index (χ2v) is 5.64. The van der Waals surface area contributed by atoms with Crippen LogP contribution in [0.3, 0.4) is 0 Å². The van der Waals surface area contributed by atoms with Crippen molar-refractivity contribution in [1.29, 1.82) is 0 Å². The van der Waals surface area contributed by atoms with Gasteiger partial charge in [-0.3, -0.25) is 14.4 Å². The Bertz CT molecular complexity index is 621. The van der Waals surface area contributed by atoms with E-state index in [0.29, 0.717) is 37.2 Å². The number of esters is 1. The van der Waals surface area contributed by atoms with Gasteiger partial charge < -0.3 is 14.6 Å². The topological polar surface area (TPSA) is 89.9 Å². The zero-order valence-corrected chi connectivity index (χ0v) is 13.3. The number of ether oxygens (including phenoxy) is 2. The molecule has 6 heteroatoms. The minimum atomic E-state index is -2.02. The van der Waals surface area contributed by atoms with Gasteiger partial charge >= 0.3 is 5.97 Å². The minimum absolute atomic E-state index is 0.199. The highest BCUT2D eigenvalue weighted by atomic mass is 16.5. The van der Waals surface area contributed by atoms with Crippen molar-refractivity contribution in [1.82, 2.24) is 0 Å². The molecule has 0 spiro atoms. The number of unbranched alkanes of at least 4 members (excludes halogenated alkanes) is 1. The Morgan fingerprint density at radius 2 is 2.04 bits per heavy atom. The zero-order chi connectivity index (χ0) is 17.0. The maximum absolute atomic E-state index is 12.1. The first-order valence-electron chi connectivity index (χ1n) is 7.63. The predicted octanol–water partition coefficient (Wildman–Crippen LogP) is 1.74. The summed E-state index contributed by atoms with van der Waals surface area (Å²) in [5, 5.41) is 9.88. The summed E-state index contributed by atoms with van der Waals surface area (Å²) < 4.78 is 10.2. The summed E-state index contributed by atoms with van der Waals surface area (Å²) in [5.41, 5.74) is -1.37. The Morgan fingerprint density at radius 3 is 2.74 bits per heavy atom. The summed E-state index contributed by atoms with van der Waals surface area (Å²) in [5.74, 6) is -0.889. The standard InChI is InChI=1S/C17H20O6/c1-3-22-15(19)7-5-4-6-12-8-11-9-14(18)17(2,21)16(20)13(11)10-23-12/h8-10,21H,3-7H2,1-2H3. The zero-order valence-electron chi connectivity index (χ0n) is 13.3. The number of Topliss-reactive ketones (excluding diaryl/α,β-unsaturated/α-hetero) is 1. The molecule has 1 aliphatic carbocycles. The number of ketones is 2. The minimum Gasteiger partial charge on any atom is -0.469 e. The maximum atomic E-state index is 12.1. The summed E-state index contributed by atoms with van der Waals surface area (Å²) in [6.45, 7) is 3.32. The third-order valence-electron chi connectivity index (χ3n) is 3.77. The van der Waals surface area contributed by atoms with Crippen LogP contribution in [0.4, 0.5) is 0 Å². The van der Waals surface area contributed by atoms with Crippen molar-refractivity contribution in [2.45, 2.75) is 45.1 Å². The van der Waals surface area contributed by atoms with Crippen LogP contribution < -0.4 is 0 Å². The Kier molecular flexibility index (Phi) is 5.15.